The summed E-state index contributed by atoms with van der Waals surface area (Å²) >= 11 is 0. The number of amides is 1. The molecular weight excluding hydrogens is 210 g/mol. The molecule has 1 rings (SSSR count). The third-order valence-electron chi connectivity index (χ3n) is 3.05. The first kappa shape index (κ1) is 13.0. The van der Waals surface area contributed by atoms with Crippen LogP contribution in [0.3, 0.4) is 0 Å². The van der Waals surface area contributed by atoms with Crippen molar-refractivity contribution in [3.05, 3.63) is 0 Å². The fourth-order valence-electron chi connectivity index (χ4n) is 2.00. The van der Waals surface area contributed by atoms with Crippen LogP contribution in [-0.4, -0.2) is 46.2 Å². The zero-order valence-corrected chi connectivity index (χ0v) is 9.56. The Morgan fingerprint density at radius 1 is 1.44 bits per heavy atom. The molecule has 0 aliphatic carbocycles. The number of carbonyl (C=O) groups is 2. The molecule has 1 aliphatic rings. The second kappa shape index (κ2) is 5.84. The number of carbonyl (C=O) groups excluding carboxylic acids is 1. The van der Waals surface area contributed by atoms with Crippen molar-refractivity contribution in [3.8, 4) is 0 Å². The Hall–Kier alpha value is -1.10. The number of rotatable bonds is 4. The molecule has 0 aromatic rings. The third-order valence-corrected chi connectivity index (χ3v) is 3.05. The van der Waals surface area contributed by atoms with Crippen molar-refractivity contribution in [2.75, 3.05) is 13.1 Å². The third kappa shape index (κ3) is 3.81. The van der Waals surface area contributed by atoms with Crippen molar-refractivity contribution in [2.45, 2.75) is 38.7 Å². The Labute approximate surface area is 95.1 Å². The highest BCUT2D eigenvalue weighted by molar-refractivity contribution is 5.80. The van der Waals surface area contributed by atoms with Gasteiger partial charge < -0.3 is 15.1 Å². The minimum Gasteiger partial charge on any atom is -0.481 e. The summed E-state index contributed by atoms with van der Waals surface area (Å²) in [5.74, 6) is -0.937. The van der Waals surface area contributed by atoms with Gasteiger partial charge in [0.15, 0.2) is 0 Å². The summed E-state index contributed by atoms with van der Waals surface area (Å²) in [6.07, 6.45) is 1.35. The number of piperidine rings is 1. The van der Waals surface area contributed by atoms with Gasteiger partial charge in [-0.15, -0.1) is 0 Å². The highest BCUT2D eigenvalue weighted by Crippen LogP contribution is 2.20. The second-order valence-electron chi connectivity index (χ2n) is 4.38. The summed E-state index contributed by atoms with van der Waals surface area (Å²) in [5, 5.41) is 18.0. The first-order chi connectivity index (χ1) is 7.50. The molecule has 2 N–H and O–H groups in total. The lowest BCUT2D eigenvalue weighted by Gasteiger charge is -2.34. The number of aliphatic hydroxyl groups is 1. The SMILES string of the molecule is CC(O)C1CCCN(C(=O)CCC(=O)O)C1. The van der Waals surface area contributed by atoms with Gasteiger partial charge in [0.05, 0.1) is 12.5 Å². The second-order valence-corrected chi connectivity index (χ2v) is 4.38. The maximum absolute atomic E-state index is 11.7. The molecule has 92 valence electrons. The van der Waals surface area contributed by atoms with Crippen LogP contribution in [0.1, 0.15) is 32.6 Å². The molecule has 16 heavy (non-hydrogen) atoms. The first-order valence-corrected chi connectivity index (χ1v) is 5.68. The van der Waals surface area contributed by atoms with E-state index in [1.807, 2.05) is 0 Å². The zero-order chi connectivity index (χ0) is 12.1. The molecule has 0 bridgehead atoms. The fourth-order valence-corrected chi connectivity index (χ4v) is 2.00. The molecular formula is C11H19NO4. The van der Waals surface area contributed by atoms with Crippen molar-refractivity contribution in [1.82, 2.24) is 4.90 Å². The van der Waals surface area contributed by atoms with E-state index in [2.05, 4.69) is 0 Å². The van der Waals surface area contributed by atoms with E-state index in [0.717, 1.165) is 12.8 Å². The normalized spacial score (nSPS) is 22.9. The Morgan fingerprint density at radius 2 is 2.12 bits per heavy atom. The molecule has 1 saturated heterocycles. The Morgan fingerprint density at radius 3 is 2.69 bits per heavy atom. The largest absolute Gasteiger partial charge is 0.481 e. The van der Waals surface area contributed by atoms with Crippen LogP contribution < -0.4 is 0 Å². The maximum atomic E-state index is 11.7. The van der Waals surface area contributed by atoms with Crippen molar-refractivity contribution in [2.24, 2.45) is 5.92 Å². The summed E-state index contributed by atoms with van der Waals surface area (Å²) in [6, 6.07) is 0. The van der Waals surface area contributed by atoms with E-state index in [-0.39, 0.29) is 24.7 Å². The molecule has 1 aliphatic heterocycles. The van der Waals surface area contributed by atoms with Gasteiger partial charge >= 0.3 is 5.97 Å². The molecule has 0 saturated carbocycles. The van der Waals surface area contributed by atoms with Gasteiger partial charge in [-0.2, -0.15) is 0 Å². The molecule has 2 unspecified atom stereocenters. The maximum Gasteiger partial charge on any atom is 0.303 e. The lowest BCUT2D eigenvalue weighted by molar-refractivity contribution is -0.141. The molecule has 5 heteroatoms. The van der Waals surface area contributed by atoms with Crippen molar-refractivity contribution in [1.29, 1.82) is 0 Å². The van der Waals surface area contributed by atoms with Crippen LogP contribution >= 0.6 is 0 Å². The topological polar surface area (TPSA) is 77.8 Å². The Kier molecular flexibility index (Phi) is 4.73. The zero-order valence-electron chi connectivity index (χ0n) is 9.56. The minimum atomic E-state index is -0.947. The van der Waals surface area contributed by atoms with E-state index < -0.39 is 12.1 Å². The van der Waals surface area contributed by atoms with Gasteiger partial charge in [-0.05, 0) is 19.8 Å². The van der Waals surface area contributed by atoms with Crippen LogP contribution in [0, 0.1) is 5.92 Å². The van der Waals surface area contributed by atoms with Crippen molar-refractivity contribution < 1.29 is 19.8 Å². The predicted octanol–water partition coefficient (Wildman–Crippen LogP) is 0.471. The lowest BCUT2D eigenvalue weighted by atomic mass is 9.93. The van der Waals surface area contributed by atoms with Crippen molar-refractivity contribution in [3.63, 3.8) is 0 Å². The molecule has 0 spiro atoms. The van der Waals surface area contributed by atoms with E-state index in [0.29, 0.717) is 13.1 Å². The number of carboxylic acids is 1. The summed E-state index contributed by atoms with van der Waals surface area (Å²) in [5.41, 5.74) is 0. The first-order valence-electron chi connectivity index (χ1n) is 5.68. The predicted molar refractivity (Wildman–Crippen MR) is 57.9 cm³/mol. The fraction of sp³-hybridized carbons (Fsp3) is 0.818. The smallest absolute Gasteiger partial charge is 0.303 e. The van der Waals surface area contributed by atoms with Gasteiger partial charge in [0, 0.05) is 25.4 Å². The molecule has 1 fully saturated rings. The number of aliphatic carboxylic acids is 1. The molecule has 2 atom stereocenters. The van der Waals surface area contributed by atoms with Gasteiger partial charge in [0.1, 0.15) is 0 Å². The lowest BCUT2D eigenvalue weighted by Crippen LogP contribution is -2.43. The molecule has 1 heterocycles. The van der Waals surface area contributed by atoms with E-state index in [1.54, 1.807) is 11.8 Å². The van der Waals surface area contributed by atoms with Crippen molar-refractivity contribution >= 4 is 11.9 Å². The summed E-state index contributed by atoms with van der Waals surface area (Å²) < 4.78 is 0. The summed E-state index contributed by atoms with van der Waals surface area (Å²) in [4.78, 5) is 23.7. The van der Waals surface area contributed by atoms with E-state index in [1.165, 1.54) is 0 Å². The summed E-state index contributed by atoms with van der Waals surface area (Å²) in [6.45, 7) is 2.97. The molecule has 5 nitrogen and oxygen atoms in total. The van der Waals surface area contributed by atoms with E-state index in [4.69, 9.17) is 5.11 Å². The molecule has 0 aromatic heterocycles. The number of hydrogen-bond donors (Lipinski definition) is 2. The van der Waals surface area contributed by atoms with Gasteiger partial charge in [-0.1, -0.05) is 0 Å². The Balaban J connectivity index is 2.40. The van der Waals surface area contributed by atoms with Crippen LogP contribution in [0.2, 0.25) is 0 Å². The van der Waals surface area contributed by atoms with Crippen LogP contribution in [-0.2, 0) is 9.59 Å². The van der Waals surface area contributed by atoms with Crippen LogP contribution in [0.5, 0.6) is 0 Å². The van der Waals surface area contributed by atoms with E-state index in [9.17, 15) is 14.7 Å². The summed E-state index contributed by atoms with van der Waals surface area (Å²) in [7, 11) is 0. The minimum absolute atomic E-state index is 0.0574. The van der Waals surface area contributed by atoms with Crippen LogP contribution in [0.15, 0.2) is 0 Å². The van der Waals surface area contributed by atoms with Gasteiger partial charge in [0.2, 0.25) is 5.91 Å². The number of likely N-dealkylation sites (tertiary alicyclic amines) is 1. The molecule has 0 radical (unpaired) electrons. The number of hydrogen-bond acceptors (Lipinski definition) is 3. The molecule has 0 aromatic carbocycles. The highest BCUT2D eigenvalue weighted by Gasteiger charge is 2.26. The Bertz CT molecular complexity index is 265. The number of nitrogens with zero attached hydrogens (tertiary/aromatic N) is 1. The van der Waals surface area contributed by atoms with Crippen LogP contribution in [0.25, 0.3) is 0 Å². The monoisotopic (exact) mass is 229 g/mol. The van der Waals surface area contributed by atoms with E-state index >= 15 is 0 Å². The van der Waals surface area contributed by atoms with Gasteiger partial charge in [-0.3, -0.25) is 9.59 Å². The standard InChI is InChI=1S/C11H19NO4/c1-8(13)9-3-2-6-12(7-9)10(14)4-5-11(15)16/h8-9,13H,2-7H2,1H3,(H,15,16). The average Bonchev–Trinajstić information content (AvgIpc) is 2.26. The quantitative estimate of drug-likeness (QED) is 0.734. The number of carboxylic acid groups (broad SMARTS) is 1. The molecule has 1 amide bonds. The average molecular weight is 229 g/mol. The van der Waals surface area contributed by atoms with Gasteiger partial charge in [-0.25, -0.2) is 0 Å². The highest BCUT2D eigenvalue weighted by atomic mass is 16.4. The van der Waals surface area contributed by atoms with Gasteiger partial charge in [0.25, 0.3) is 0 Å². The van der Waals surface area contributed by atoms with Crippen LogP contribution in [0.4, 0.5) is 0 Å². The number of aliphatic hydroxyl groups excluding tert-OH is 1.